The average molecular weight is 233 g/mol. The van der Waals surface area contributed by atoms with Crippen LogP contribution in [0.1, 0.15) is 32.3 Å². The van der Waals surface area contributed by atoms with E-state index < -0.39 is 0 Å². The molecule has 0 radical (unpaired) electrons. The van der Waals surface area contributed by atoms with Crippen LogP contribution < -0.4 is 4.90 Å². The fraction of sp³-hybridized carbons (Fsp3) is 0.600. The summed E-state index contributed by atoms with van der Waals surface area (Å²) in [6.07, 6.45) is 2.61. The first-order valence-electron chi connectivity index (χ1n) is 6.65. The molecule has 1 aromatic carbocycles. The van der Waals surface area contributed by atoms with Gasteiger partial charge in [0.1, 0.15) is 0 Å². The van der Waals surface area contributed by atoms with E-state index in [9.17, 15) is 0 Å². The van der Waals surface area contributed by atoms with Crippen LogP contribution in [0, 0.1) is 11.8 Å². The second kappa shape index (κ2) is 5.54. The predicted molar refractivity (Wildman–Crippen MR) is 72.1 cm³/mol. The number of nitrogens with zero attached hydrogens (tertiary/aromatic N) is 1. The number of rotatable bonds is 3. The molecule has 2 heteroatoms. The monoisotopic (exact) mass is 233 g/mol. The van der Waals surface area contributed by atoms with E-state index in [0.29, 0.717) is 0 Å². The minimum absolute atomic E-state index is 0.135. The van der Waals surface area contributed by atoms with Gasteiger partial charge < -0.3 is 10.0 Å². The third-order valence-corrected chi connectivity index (χ3v) is 3.97. The Morgan fingerprint density at radius 3 is 2.24 bits per heavy atom. The van der Waals surface area contributed by atoms with E-state index in [1.165, 1.54) is 31.6 Å². The van der Waals surface area contributed by atoms with Crippen molar-refractivity contribution in [1.29, 1.82) is 0 Å². The summed E-state index contributed by atoms with van der Waals surface area (Å²) in [6.45, 7) is 7.13. The van der Waals surface area contributed by atoms with Crippen LogP contribution in [0.5, 0.6) is 0 Å². The first-order chi connectivity index (χ1) is 8.20. The molecular weight excluding hydrogens is 210 g/mol. The topological polar surface area (TPSA) is 23.5 Å². The molecule has 0 atom stereocenters. The molecule has 0 aliphatic carbocycles. The number of aliphatic hydroxyl groups is 1. The minimum Gasteiger partial charge on any atom is -0.392 e. The van der Waals surface area contributed by atoms with Crippen molar-refractivity contribution in [1.82, 2.24) is 0 Å². The van der Waals surface area contributed by atoms with Crippen molar-refractivity contribution in [3.8, 4) is 0 Å². The van der Waals surface area contributed by atoms with Gasteiger partial charge in [-0.05, 0) is 42.4 Å². The number of piperidine rings is 1. The van der Waals surface area contributed by atoms with Crippen LogP contribution in [0.2, 0.25) is 0 Å². The summed E-state index contributed by atoms with van der Waals surface area (Å²) in [6, 6.07) is 8.29. The molecular formula is C15H23NO. The summed E-state index contributed by atoms with van der Waals surface area (Å²) in [5.41, 5.74) is 2.29. The first kappa shape index (κ1) is 12.4. The predicted octanol–water partition coefficient (Wildman–Crippen LogP) is 3.05. The first-order valence-corrected chi connectivity index (χ1v) is 6.65. The summed E-state index contributed by atoms with van der Waals surface area (Å²) in [4.78, 5) is 2.46. The van der Waals surface area contributed by atoms with Crippen LogP contribution in [-0.4, -0.2) is 18.2 Å². The number of anilines is 1. The molecule has 1 saturated heterocycles. The van der Waals surface area contributed by atoms with Gasteiger partial charge in [-0.15, -0.1) is 0 Å². The highest BCUT2D eigenvalue weighted by atomic mass is 16.3. The van der Waals surface area contributed by atoms with E-state index in [0.717, 1.165) is 17.4 Å². The summed E-state index contributed by atoms with van der Waals surface area (Å²) in [5.74, 6) is 1.71. The van der Waals surface area contributed by atoms with Crippen LogP contribution in [0.4, 0.5) is 5.69 Å². The minimum atomic E-state index is 0.135. The Labute approximate surface area is 104 Å². The molecule has 0 saturated carbocycles. The molecule has 1 fully saturated rings. The van der Waals surface area contributed by atoms with E-state index in [1.807, 2.05) is 12.1 Å². The Morgan fingerprint density at radius 2 is 1.76 bits per heavy atom. The largest absolute Gasteiger partial charge is 0.392 e. The molecule has 17 heavy (non-hydrogen) atoms. The molecule has 0 aromatic heterocycles. The Balaban J connectivity index is 1.95. The normalized spacial score (nSPS) is 17.8. The van der Waals surface area contributed by atoms with Crippen molar-refractivity contribution in [3.05, 3.63) is 29.8 Å². The van der Waals surface area contributed by atoms with Crippen molar-refractivity contribution in [3.63, 3.8) is 0 Å². The van der Waals surface area contributed by atoms with E-state index in [-0.39, 0.29) is 6.61 Å². The zero-order chi connectivity index (χ0) is 12.3. The molecule has 94 valence electrons. The Bertz CT molecular complexity index is 336. The lowest BCUT2D eigenvalue weighted by Crippen LogP contribution is -2.35. The van der Waals surface area contributed by atoms with Gasteiger partial charge in [-0.3, -0.25) is 0 Å². The van der Waals surface area contributed by atoms with Crippen molar-refractivity contribution in [2.75, 3.05) is 18.0 Å². The van der Waals surface area contributed by atoms with Crippen LogP contribution in [0.25, 0.3) is 0 Å². The molecule has 0 unspecified atom stereocenters. The molecule has 2 rings (SSSR count). The highest BCUT2D eigenvalue weighted by Crippen LogP contribution is 2.27. The average Bonchev–Trinajstić information content (AvgIpc) is 2.39. The van der Waals surface area contributed by atoms with E-state index >= 15 is 0 Å². The summed E-state index contributed by atoms with van der Waals surface area (Å²) in [7, 11) is 0. The third-order valence-electron chi connectivity index (χ3n) is 3.97. The van der Waals surface area contributed by atoms with Crippen LogP contribution in [-0.2, 0) is 6.61 Å². The quantitative estimate of drug-likeness (QED) is 0.867. The van der Waals surface area contributed by atoms with Gasteiger partial charge in [0.25, 0.3) is 0 Å². The van der Waals surface area contributed by atoms with Gasteiger partial charge in [0.2, 0.25) is 0 Å². The van der Waals surface area contributed by atoms with Gasteiger partial charge in [0, 0.05) is 18.8 Å². The van der Waals surface area contributed by atoms with Crippen LogP contribution >= 0.6 is 0 Å². The molecule has 1 N–H and O–H groups in total. The number of hydrogen-bond donors (Lipinski definition) is 1. The standard InChI is InChI=1S/C15H23NO/c1-12(2)14-7-9-16(10-8-14)15-5-3-13(11-17)4-6-15/h3-6,12,14,17H,7-11H2,1-2H3. The Morgan fingerprint density at radius 1 is 1.18 bits per heavy atom. The van der Waals surface area contributed by atoms with Gasteiger partial charge >= 0.3 is 0 Å². The van der Waals surface area contributed by atoms with Crippen molar-refractivity contribution >= 4 is 5.69 Å². The zero-order valence-electron chi connectivity index (χ0n) is 10.9. The highest BCUT2D eigenvalue weighted by molar-refractivity contribution is 5.47. The molecule has 1 aliphatic heterocycles. The van der Waals surface area contributed by atoms with Crippen molar-refractivity contribution in [2.24, 2.45) is 11.8 Å². The molecule has 1 aliphatic rings. The van der Waals surface area contributed by atoms with E-state index in [2.05, 4.69) is 30.9 Å². The molecule has 0 bridgehead atoms. The van der Waals surface area contributed by atoms with Gasteiger partial charge in [-0.2, -0.15) is 0 Å². The van der Waals surface area contributed by atoms with E-state index in [4.69, 9.17) is 5.11 Å². The molecule has 1 heterocycles. The smallest absolute Gasteiger partial charge is 0.0681 e. The summed E-state index contributed by atoms with van der Waals surface area (Å²) < 4.78 is 0. The molecule has 1 aromatic rings. The fourth-order valence-electron chi connectivity index (χ4n) is 2.64. The highest BCUT2D eigenvalue weighted by Gasteiger charge is 2.21. The van der Waals surface area contributed by atoms with Gasteiger partial charge in [0.05, 0.1) is 6.61 Å². The van der Waals surface area contributed by atoms with Crippen LogP contribution in [0.15, 0.2) is 24.3 Å². The third kappa shape index (κ3) is 3.01. The van der Waals surface area contributed by atoms with Gasteiger partial charge in [-0.25, -0.2) is 0 Å². The maximum atomic E-state index is 9.02. The Hall–Kier alpha value is -1.02. The van der Waals surface area contributed by atoms with Gasteiger partial charge in [0.15, 0.2) is 0 Å². The summed E-state index contributed by atoms with van der Waals surface area (Å²) >= 11 is 0. The zero-order valence-corrected chi connectivity index (χ0v) is 10.9. The fourth-order valence-corrected chi connectivity index (χ4v) is 2.64. The van der Waals surface area contributed by atoms with Crippen LogP contribution in [0.3, 0.4) is 0 Å². The maximum Gasteiger partial charge on any atom is 0.0681 e. The second-order valence-corrected chi connectivity index (χ2v) is 5.39. The maximum absolute atomic E-state index is 9.02. The number of hydrogen-bond acceptors (Lipinski definition) is 2. The molecule has 0 spiro atoms. The lowest BCUT2D eigenvalue weighted by atomic mass is 9.86. The number of aliphatic hydroxyl groups excluding tert-OH is 1. The summed E-state index contributed by atoms with van der Waals surface area (Å²) in [5, 5.41) is 9.02. The van der Waals surface area contributed by atoms with Crippen molar-refractivity contribution < 1.29 is 5.11 Å². The lowest BCUT2D eigenvalue weighted by Gasteiger charge is -2.35. The van der Waals surface area contributed by atoms with Crippen molar-refractivity contribution in [2.45, 2.75) is 33.3 Å². The molecule has 0 amide bonds. The number of benzene rings is 1. The van der Waals surface area contributed by atoms with Gasteiger partial charge in [-0.1, -0.05) is 26.0 Å². The Kier molecular flexibility index (Phi) is 4.06. The second-order valence-electron chi connectivity index (χ2n) is 5.39. The SMILES string of the molecule is CC(C)C1CCN(c2ccc(CO)cc2)CC1. The lowest BCUT2D eigenvalue weighted by molar-refractivity contribution is 0.282. The molecule has 2 nitrogen and oxygen atoms in total. The van der Waals surface area contributed by atoms with E-state index in [1.54, 1.807) is 0 Å².